The van der Waals surface area contributed by atoms with E-state index in [4.69, 9.17) is 11.1 Å². The molecule has 0 aliphatic carbocycles. The van der Waals surface area contributed by atoms with Crippen LogP contribution >= 0.6 is 0 Å². The number of nitrogens with two attached hydrogens (primary N) is 1. The van der Waals surface area contributed by atoms with Crippen molar-refractivity contribution >= 4 is 5.96 Å². The van der Waals surface area contributed by atoms with Crippen LogP contribution in [0.3, 0.4) is 0 Å². The number of nitrogens with one attached hydrogen (secondary N) is 1. The molecule has 3 N–H and O–H groups in total. The Morgan fingerprint density at radius 1 is 1.12 bits per heavy atom. The minimum absolute atomic E-state index is 0.0969. The largest absolute Gasteiger partial charge is 0.370 e. The van der Waals surface area contributed by atoms with Crippen molar-refractivity contribution in [2.45, 2.75) is 13.1 Å². The van der Waals surface area contributed by atoms with Crippen LogP contribution in [-0.2, 0) is 13.1 Å². The Bertz CT molecular complexity index is 360. The van der Waals surface area contributed by atoms with Crippen molar-refractivity contribution in [1.82, 2.24) is 9.80 Å². The molecule has 4 heteroatoms. The molecular weight excluding hydrogens is 200 g/mol. The van der Waals surface area contributed by atoms with E-state index >= 15 is 0 Å². The molecule has 4 nitrogen and oxygen atoms in total. The van der Waals surface area contributed by atoms with Gasteiger partial charge in [-0.3, -0.25) is 5.41 Å². The SMILES string of the molecule is CN(C)Cc1ccccc1CN(C)C(=N)N. The van der Waals surface area contributed by atoms with E-state index in [1.807, 2.05) is 33.3 Å². The molecule has 1 aromatic rings. The summed E-state index contributed by atoms with van der Waals surface area (Å²) in [5.41, 5.74) is 7.93. The molecule has 16 heavy (non-hydrogen) atoms. The summed E-state index contributed by atoms with van der Waals surface area (Å²) in [4.78, 5) is 3.86. The van der Waals surface area contributed by atoms with E-state index in [9.17, 15) is 0 Å². The summed E-state index contributed by atoms with van der Waals surface area (Å²) in [6.07, 6.45) is 0. The smallest absolute Gasteiger partial charge is 0.188 e. The van der Waals surface area contributed by atoms with Crippen LogP contribution in [0.25, 0.3) is 0 Å². The summed E-state index contributed by atoms with van der Waals surface area (Å²) < 4.78 is 0. The molecule has 0 atom stereocenters. The van der Waals surface area contributed by atoms with Crippen LogP contribution in [0.15, 0.2) is 24.3 Å². The van der Waals surface area contributed by atoms with Gasteiger partial charge < -0.3 is 15.5 Å². The second kappa shape index (κ2) is 5.51. The lowest BCUT2D eigenvalue weighted by Crippen LogP contribution is -2.32. The van der Waals surface area contributed by atoms with Gasteiger partial charge in [-0.05, 0) is 25.2 Å². The third kappa shape index (κ3) is 3.55. The molecule has 0 radical (unpaired) electrons. The molecular formula is C12H20N4. The Morgan fingerprint density at radius 3 is 2.06 bits per heavy atom. The van der Waals surface area contributed by atoms with Gasteiger partial charge in [0.2, 0.25) is 0 Å². The van der Waals surface area contributed by atoms with Gasteiger partial charge in [-0.2, -0.15) is 0 Å². The maximum Gasteiger partial charge on any atom is 0.188 e. The molecule has 0 heterocycles. The second-order valence-corrected chi connectivity index (χ2v) is 4.25. The Kier molecular flexibility index (Phi) is 4.31. The molecule has 1 rings (SSSR count). The first kappa shape index (κ1) is 12.5. The summed E-state index contributed by atoms with van der Waals surface area (Å²) in [5.74, 6) is 0.0969. The highest BCUT2D eigenvalue weighted by Crippen LogP contribution is 2.12. The number of benzene rings is 1. The maximum atomic E-state index is 7.35. The summed E-state index contributed by atoms with van der Waals surface area (Å²) in [7, 11) is 5.92. The summed E-state index contributed by atoms with van der Waals surface area (Å²) in [6, 6.07) is 8.25. The van der Waals surface area contributed by atoms with Crippen molar-refractivity contribution in [2.75, 3.05) is 21.1 Å². The van der Waals surface area contributed by atoms with Crippen LogP contribution in [0.4, 0.5) is 0 Å². The van der Waals surface area contributed by atoms with Gasteiger partial charge in [0.25, 0.3) is 0 Å². The van der Waals surface area contributed by atoms with Crippen molar-refractivity contribution in [3.05, 3.63) is 35.4 Å². The Labute approximate surface area is 97.2 Å². The van der Waals surface area contributed by atoms with Gasteiger partial charge in [0, 0.05) is 20.1 Å². The lowest BCUT2D eigenvalue weighted by molar-refractivity contribution is 0.397. The molecule has 0 aliphatic rings. The third-order valence-electron chi connectivity index (χ3n) is 2.42. The highest BCUT2D eigenvalue weighted by atomic mass is 15.2. The first-order valence-electron chi connectivity index (χ1n) is 5.27. The lowest BCUT2D eigenvalue weighted by atomic mass is 10.1. The maximum absolute atomic E-state index is 7.35. The van der Waals surface area contributed by atoms with Gasteiger partial charge in [0.1, 0.15) is 0 Å². The number of rotatable bonds is 4. The van der Waals surface area contributed by atoms with E-state index < -0.39 is 0 Å². The quantitative estimate of drug-likeness (QED) is 0.589. The van der Waals surface area contributed by atoms with E-state index in [2.05, 4.69) is 17.0 Å². The van der Waals surface area contributed by atoms with Gasteiger partial charge in [0.15, 0.2) is 5.96 Å². The van der Waals surface area contributed by atoms with Crippen LogP contribution in [0.5, 0.6) is 0 Å². The third-order valence-corrected chi connectivity index (χ3v) is 2.42. The first-order valence-corrected chi connectivity index (χ1v) is 5.27. The normalized spacial score (nSPS) is 10.5. The molecule has 1 aromatic carbocycles. The Hall–Kier alpha value is -1.55. The van der Waals surface area contributed by atoms with E-state index in [-0.39, 0.29) is 5.96 Å². The van der Waals surface area contributed by atoms with Gasteiger partial charge in [-0.15, -0.1) is 0 Å². The van der Waals surface area contributed by atoms with Crippen molar-refractivity contribution in [2.24, 2.45) is 5.73 Å². The van der Waals surface area contributed by atoms with E-state index in [1.54, 1.807) is 4.90 Å². The molecule has 0 bridgehead atoms. The number of guanidine groups is 1. The first-order chi connectivity index (χ1) is 7.50. The van der Waals surface area contributed by atoms with Crippen molar-refractivity contribution < 1.29 is 0 Å². The van der Waals surface area contributed by atoms with Crippen molar-refractivity contribution in [3.8, 4) is 0 Å². The minimum Gasteiger partial charge on any atom is -0.370 e. The molecule has 0 fully saturated rings. The molecule has 0 amide bonds. The summed E-state index contributed by atoms with van der Waals surface area (Å²) in [6.45, 7) is 1.58. The Balaban J connectivity index is 2.82. The molecule has 0 saturated carbocycles. The van der Waals surface area contributed by atoms with Crippen LogP contribution in [0.1, 0.15) is 11.1 Å². The average molecular weight is 220 g/mol. The van der Waals surface area contributed by atoms with Crippen LogP contribution in [0, 0.1) is 5.41 Å². The van der Waals surface area contributed by atoms with E-state index in [1.165, 1.54) is 11.1 Å². The summed E-state index contributed by atoms with van der Waals surface area (Å²) >= 11 is 0. The standard InChI is InChI=1S/C12H20N4/c1-15(2)8-10-6-4-5-7-11(10)9-16(3)12(13)14/h4-7H,8-9H2,1-3H3,(H3,13,14). The van der Waals surface area contributed by atoms with Gasteiger partial charge in [-0.25, -0.2) is 0 Å². The Morgan fingerprint density at radius 2 is 1.62 bits per heavy atom. The second-order valence-electron chi connectivity index (χ2n) is 4.25. The molecule has 0 spiro atoms. The highest BCUT2D eigenvalue weighted by Gasteiger charge is 2.06. The number of nitrogens with zero attached hydrogens (tertiary/aromatic N) is 2. The lowest BCUT2D eigenvalue weighted by Gasteiger charge is -2.20. The molecule has 0 unspecified atom stereocenters. The summed E-state index contributed by atoms with van der Waals surface area (Å²) in [5, 5.41) is 7.35. The van der Waals surface area contributed by atoms with Crippen LogP contribution in [0.2, 0.25) is 0 Å². The zero-order valence-electron chi connectivity index (χ0n) is 10.2. The highest BCUT2D eigenvalue weighted by molar-refractivity contribution is 5.74. The minimum atomic E-state index is 0.0969. The molecule has 88 valence electrons. The van der Waals surface area contributed by atoms with E-state index in [0.717, 1.165) is 6.54 Å². The number of hydrogen-bond donors (Lipinski definition) is 2. The van der Waals surface area contributed by atoms with Crippen molar-refractivity contribution in [3.63, 3.8) is 0 Å². The molecule has 0 saturated heterocycles. The van der Waals surface area contributed by atoms with Gasteiger partial charge in [0.05, 0.1) is 0 Å². The van der Waals surface area contributed by atoms with Crippen LogP contribution < -0.4 is 5.73 Å². The van der Waals surface area contributed by atoms with Gasteiger partial charge in [-0.1, -0.05) is 24.3 Å². The average Bonchev–Trinajstić information content (AvgIpc) is 2.20. The predicted octanol–water partition coefficient (Wildman–Crippen LogP) is 1.07. The zero-order valence-corrected chi connectivity index (χ0v) is 10.2. The fourth-order valence-corrected chi connectivity index (χ4v) is 1.55. The fraction of sp³-hybridized carbons (Fsp3) is 0.417. The predicted molar refractivity (Wildman–Crippen MR) is 67.2 cm³/mol. The molecule has 0 aliphatic heterocycles. The van der Waals surface area contributed by atoms with Crippen molar-refractivity contribution in [1.29, 1.82) is 5.41 Å². The number of hydrogen-bond acceptors (Lipinski definition) is 2. The van der Waals surface area contributed by atoms with E-state index in [0.29, 0.717) is 6.54 Å². The van der Waals surface area contributed by atoms with Crippen LogP contribution in [-0.4, -0.2) is 36.9 Å². The molecule has 0 aromatic heterocycles. The zero-order chi connectivity index (χ0) is 12.1. The fourth-order valence-electron chi connectivity index (χ4n) is 1.55. The monoisotopic (exact) mass is 220 g/mol. The van der Waals surface area contributed by atoms with Gasteiger partial charge >= 0.3 is 0 Å². The topological polar surface area (TPSA) is 56.4 Å².